The highest BCUT2D eigenvalue weighted by molar-refractivity contribution is 5.87. The van der Waals surface area contributed by atoms with Crippen molar-refractivity contribution in [3.63, 3.8) is 0 Å². The van der Waals surface area contributed by atoms with Crippen LogP contribution in [-0.2, 0) is 14.3 Å². The Balaban J connectivity index is 1.90. The van der Waals surface area contributed by atoms with Gasteiger partial charge in [-0.15, -0.1) is 0 Å². The lowest BCUT2D eigenvalue weighted by molar-refractivity contribution is -0.150. The molecule has 0 radical (unpaired) electrons. The second kappa shape index (κ2) is 7.22. The van der Waals surface area contributed by atoms with Gasteiger partial charge in [0.1, 0.15) is 5.54 Å². The van der Waals surface area contributed by atoms with E-state index in [0.29, 0.717) is 32.0 Å². The summed E-state index contributed by atoms with van der Waals surface area (Å²) in [6.45, 7) is 4.03. The zero-order valence-electron chi connectivity index (χ0n) is 12.7. The van der Waals surface area contributed by atoms with E-state index in [2.05, 4.69) is 17.6 Å². The van der Waals surface area contributed by atoms with Crippen LogP contribution in [0.2, 0.25) is 0 Å². The molecule has 1 saturated carbocycles. The van der Waals surface area contributed by atoms with E-state index in [0.717, 1.165) is 25.8 Å². The van der Waals surface area contributed by atoms with Gasteiger partial charge in [-0.3, -0.25) is 4.79 Å². The summed E-state index contributed by atoms with van der Waals surface area (Å²) in [5.41, 5.74) is -1.07. The van der Waals surface area contributed by atoms with Crippen LogP contribution >= 0.6 is 0 Å². The van der Waals surface area contributed by atoms with E-state index in [-0.39, 0.29) is 18.4 Å². The van der Waals surface area contributed by atoms with Crippen molar-refractivity contribution in [2.24, 2.45) is 5.92 Å². The van der Waals surface area contributed by atoms with Crippen molar-refractivity contribution in [2.75, 3.05) is 19.8 Å². The van der Waals surface area contributed by atoms with Crippen molar-refractivity contribution in [3.05, 3.63) is 0 Å². The van der Waals surface area contributed by atoms with Crippen LogP contribution in [0, 0.1) is 5.92 Å². The van der Waals surface area contributed by atoms with Crippen LogP contribution in [0.4, 0.5) is 0 Å². The molecule has 1 atom stereocenters. The number of morpholine rings is 1. The first-order valence-corrected chi connectivity index (χ1v) is 7.91. The molecule has 3 N–H and O–H groups in total. The minimum absolute atomic E-state index is 0.0171. The minimum atomic E-state index is -1.07. The predicted molar refractivity (Wildman–Crippen MR) is 78.0 cm³/mol. The maximum atomic E-state index is 12.2. The average molecular weight is 298 g/mol. The van der Waals surface area contributed by atoms with Crippen molar-refractivity contribution in [3.8, 4) is 0 Å². The standard InChI is InChI=1S/C15H26N2O4/c1-2-11-3-5-15(6-4-11,14(19)20)17-13(18)9-12-10-21-8-7-16-12/h11-12,16H,2-10H2,1H3,(H,17,18)(H,19,20). The van der Waals surface area contributed by atoms with Gasteiger partial charge in [0.15, 0.2) is 0 Å². The van der Waals surface area contributed by atoms with Crippen molar-refractivity contribution in [1.29, 1.82) is 0 Å². The first-order chi connectivity index (χ1) is 10.1. The summed E-state index contributed by atoms with van der Waals surface area (Å²) >= 11 is 0. The summed E-state index contributed by atoms with van der Waals surface area (Å²) in [6, 6.07) is -0.0171. The maximum Gasteiger partial charge on any atom is 0.329 e. The summed E-state index contributed by atoms with van der Waals surface area (Å²) < 4.78 is 5.32. The Morgan fingerprint density at radius 1 is 1.38 bits per heavy atom. The van der Waals surface area contributed by atoms with E-state index in [1.54, 1.807) is 0 Å². The zero-order chi connectivity index (χ0) is 15.3. The molecule has 2 fully saturated rings. The normalized spacial score (nSPS) is 33.4. The molecule has 0 aromatic heterocycles. The van der Waals surface area contributed by atoms with Crippen LogP contribution in [0.15, 0.2) is 0 Å². The zero-order valence-corrected chi connectivity index (χ0v) is 12.7. The third-order valence-electron chi connectivity index (χ3n) is 4.75. The Bertz CT molecular complexity index is 372. The van der Waals surface area contributed by atoms with E-state index in [4.69, 9.17) is 4.74 Å². The molecule has 21 heavy (non-hydrogen) atoms. The van der Waals surface area contributed by atoms with Gasteiger partial charge in [-0.1, -0.05) is 13.3 Å². The first-order valence-electron chi connectivity index (χ1n) is 7.91. The summed E-state index contributed by atoms with van der Waals surface area (Å²) in [5.74, 6) is -0.517. The summed E-state index contributed by atoms with van der Waals surface area (Å²) in [5, 5.41) is 15.5. The van der Waals surface area contributed by atoms with Crippen LogP contribution in [0.1, 0.15) is 45.4 Å². The quantitative estimate of drug-likeness (QED) is 0.702. The van der Waals surface area contributed by atoms with Crippen LogP contribution < -0.4 is 10.6 Å². The van der Waals surface area contributed by atoms with Crippen molar-refractivity contribution in [1.82, 2.24) is 10.6 Å². The number of hydrogen-bond donors (Lipinski definition) is 3. The molecular formula is C15H26N2O4. The van der Waals surface area contributed by atoms with Crippen LogP contribution in [-0.4, -0.2) is 48.3 Å². The molecule has 0 bridgehead atoms. The number of ether oxygens (including phenoxy) is 1. The Morgan fingerprint density at radius 3 is 2.62 bits per heavy atom. The average Bonchev–Trinajstić information content (AvgIpc) is 2.48. The van der Waals surface area contributed by atoms with Gasteiger partial charge in [-0.05, 0) is 31.6 Å². The fourth-order valence-corrected chi connectivity index (χ4v) is 3.26. The highest BCUT2D eigenvalue weighted by Gasteiger charge is 2.43. The molecule has 1 heterocycles. The Morgan fingerprint density at radius 2 is 2.10 bits per heavy atom. The van der Waals surface area contributed by atoms with Crippen LogP contribution in [0.25, 0.3) is 0 Å². The molecular weight excluding hydrogens is 272 g/mol. The number of rotatable bonds is 5. The highest BCUT2D eigenvalue weighted by atomic mass is 16.5. The van der Waals surface area contributed by atoms with Crippen molar-refractivity contribution >= 4 is 11.9 Å². The number of carboxylic acids is 1. The second-order valence-corrected chi connectivity index (χ2v) is 6.22. The third kappa shape index (κ3) is 4.17. The molecule has 0 aromatic carbocycles. The molecule has 1 aliphatic carbocycles. The minimum Gasteiger partial charge on any atom is -0.480 e. The molecule has 1 saturated heterocycles. The highest BCUT2D eigenvalue weighted by Crippen LogP contribution is 2.34. The van der Waals surface area contributed by atoms with E-state index in [1.807, 2.05) is 0 Å². The summed E-state index contributed by atoms with van der Waals surface area (Å²) in [4.78, 5) is 23.8. The molecule has 0 spiro atoms. The Hall–Kier alpha value is -1.14. The molecule has 2 aliphatic rings. The molecule has 6 nitrogen and oxygen atoms in total. The summed E-state index contributed by atoms with van der Waals surface area (Å²) in [6.07, 6.45) is 4.14. The van der Waals surface area contributed by atoms with E-state index < -0.39 is 11.5 Å². The molecule has 1 unspecified atom stereocenters. The maximum absolute atomic E-state index is 12.2. The lowest BCUT2D eigenvalue weighted by Crippen LogP contribution is -2.57. The van der Waals surface area contributed by atoms with Crippen molar-refractivity contribution < 1.29 is 19.4 Å². The van der Waals surface area contributed by atoms with Gasteiger partial charge in [0.25, 0.3) is 0 Å². The van der Waals surface area contributed by atoms with Crippen LogP contribution in [0.3, 0.4) is 0 Å². The predicted octanol–water partition coefficient (Wildman–Crippen LogP) is 0.905. The smallest absolute Gasteiger partial charge is 0.329 e. The van der Waals surface area contributed by atoms with Gasteiger partial charge >= 0.3 is 5.97 Å². The van der Waals surface area contributed by atoms with Crippen LogP contribution in [0.5, 0.6) is 0 Å². The fraction of sp³-hybridized carbons (Fsp3) is 0.867. The fourth-order valence-electron chi connectivity index (χ4n) is 3.26. The monoisotopic (exact) mass is 298 g/mol. The van der Waals surface area contributed by atoms with Gasteiger partial charge in [0, 0.05) is 19.0 Å². The van der Waals surface area contributed by atoms with Gasteiger partial charge in [0.05, 0.1) is 13.2 Å². The van der Waals surface area contributed by atoms with E-state index >= 15 is 0 Å². The molecule has 120 valence electrons. The lowest BCUT2D eigenvalue weighted by atomic mass is 9.75. The largest absolute Gasteiger partial charge is 0.480 e. The van der Waals surface area contributed by atoms with Gasteiger partial charge in [-0.25, -0.2) is 4.79 Å². The Labute approximate surface area is 125 Å². The number of hydrogen-bond acceptors (Lipinski definition) is 4. The first kappa shape index (κ1) is 16.2. The molecule has 2 rings (SSSR count). The van der Waals surface area contributed by atoms with E-state index in [1.165, 1.54) is 0 Å². The number of carboxylic acid groups (broad SMARTS) is 1. The third-order valence-corrected chi connectivity index (χ3v) is 4.75. The SMILES string of the molecule is CCC1CCC(NC(=O)CC2COCCN2)(C(=O)O)CC1. The van der Waals surface area contributed by atoms with Crippen molar-refractivity contribution in [2.45, 2.75) is 57.0 Å². The van der Waals surface area contributed by atoms with Gasteiger partial charge in [-0.2, -0.15) is 0 Å². The molecule has 0 aromatic rings. The molecule has 1 aliphatic heterocycles. The lowest BCUT2D eigenvalue weighted by Gasteiger charge is -2.37. The number of carbonyl (C=O) groups excluding carboxylic acids is 1. The number of aliphatic carboxylic acids is 1. The topological polar surface area (TPSA) is 87.7 Å². The van der Waals surface area contributed by atoms with E-state index in [9.17, 15) is 14.7 Å². The number of amides is 1. The molecule has 6 heteroatoms. The van der Waals surface area contributed by atoms with Gasteiger partial charge < -0.3 is 20.5 Å². The summed E-state index contributed by atoms with van der Waals surface area (Å²) in [7, 11) is 0. The second-order valence-electron chi connectivity index (χ2n) is 6.22. The number of nitrogens with one attached hydrogen (secondary N) is 2. The number of carbonyl (C=O) groups is 2. The van der Waals surface area contributed by atoms with Gasteiger partial charge in [0.2, 0.25) is 5.91 Å². The molecule has 1 amide bonds. The Kier molecular flexibility index (Phi) is 5.58.